The molecule has 3 fully saturated rings. The number of fused-ring (bicyclic) bond motifs is 1. The third-order valence-electron chi connectivity index (χ3n) is 7.32. The van der Waals surface area contributed by atoms with Gasteiger partial charge < -0.3 is 4.74 Å². The van der Waals surface area contributed by atoms with Crippen LogP contribution in [0.3, 0.4) is 0 Å². The van der Waals surface area contributed by atoms with Gasteiger partial charge in [-0.3, -0.25) is 4.90 Å². The van der Waals surface area contributed by atoms with E-state index < -0.39 is 0 Å². The van der Waals surface area contributed by atoms with Crippen molar-refractivity contribution in [3.63, 3.8) is 0 Å². The maximum Gasteiger partial charge on any atom is 0.120 e. The van der Waals surface area contributed by atoms with Crippen LogP contribution in [0.1, 0.15) is 63.4 Å². The predicted molar refractivity (Wildman–Crippen MR) is 112 cm³/mol. The van der Waals surface area contributed by atoms with Crippen molar-refractivity contribution in [3.8, 4) is 5.75 Å². The van der Waals surface area contributed by atoms with Gasteiger partial charge in [-0.25, -0.2) is 0 Å². The average Bonchev–Trinajstić information content (AvgIpc) is 3.20. The lowest BCUT2D eigenvalue weighted by atomic mass is 9.78. The lowest BCUT2D eigenvalue weighted by Gasteiger charge is -2.32. The highest BCUT2D eigenvalue weighted by molar-refractivity contribution is 5.84. The van der Waals surface area contributed by atoms with Crippen molar-refractivity contribution in [1.29, 1.82) is 0 Å². The summed E-state index contributed by atoms with van der Waals surface area (Å²) < 4.78 is 6.39. The molecule has 2 aromatic carbocycles. The van der Waals surface area contributed by atoms with Crippen LogP contribution < -0.4 is 4.74 Å². The number of nitrogens with zero attached hydrogens (tertiary/aromatic N) is 1. The molecule has 1 aliphatic heterocycles. The summed E-state index contributed by atoms with van der Waals surface area (Å²) in [5.41, 5.74) is 1.43. The fraction of sp³-hybridized carbons (Fsp3) is 0.600. The van der Waals surface area contributed by atoms with Crippen molar-refractivity contribution in [3.05, 3.63) is 42.0 Å². The molecule has 3 aliphatic rings. The molecule has 27 heavy (non-hydrogen) atoms. The highest BCUT2D eigenvalue weighted by atomic mass is 16.5. The first-order chi connectivity index (χ1) is 13.3. The van der Waals surface area contributed by atoms with Crippen LogP contribution in [-0.4, -0.2) is 24.1 Å². The molecular formula is C25H33NO. The van der Waals surface area contributed by atoms with Gasteiger partial charge in [0.05, 0.1) is 6.10 Å². The molecule has 0 amide bonds. The van der Waals surface area contributed by atoms with Crippen molar-refractivity contribution in [2.45, 2.75) is 70.4 Å². The number of hydrogen-bond donors (Lipinski definition) is 0. The van der Waals surface area contributed by atoms with Crippen LogP contribution in [0.2, 0.25) is 0 Å². The number of ether oxygens (including phenoxy) is 1. The molecule has 0 atom stereocenters. The molecule has 1 heterocycles. The summed E-state index contributed by atoms with van der Waals surface area (Å²) in [6.07, 6.45) is 12.9. The highest BCUT2D eigenvalue weighted by Crippen LogP contribution is 2.40. The molecule has 2 aliphatic carbocycles. The molecule has 0 bridgehead atoms. The quantitative estimate of drug-likeness (QED) is 0.629. The van der Waals surface area contributed by atoms with Gasteiger partial charge in [0.25, 0.3) is 0 Å². The van der Waals surface area contributed by atoms with Gasteiger partial charge in [-0.15, -0.1) is 0 Å². The van der Waals surface area contributed by atoms with Crippen molar-refractivity contribution in [2.75, 3.05) is 13.1 Å². The van der Waals surface area contributed by atoms with E-state index in [9.17, 15) is 0 Å². The Bertz CT molecular complexity index is 767. The van der Waals surface area contributed by atoms with E-state index >= 15 is 0 Å². The normalized spacial score (nSPS) is 27.0. The number of rotatable bonds is 5. The van der Waals surface area contributed by atoms with Gasteiger partial charge in [-0.2, -0.15) is 0 Å². The first-order valence-corrected chi connectivity index (χ1v) is 11.3. The zero-order chi connectivity index (χ0) is 18.1. The Hall–Kier alpha value is -1.54. The summed E-state index contributed by atoms with van der Waals surface area (Å²) in [5.74, 6) is 3.06. The second-order valence-electron chi connectivity index (χ2n) is 9.17. The molecule has 1 saturated heterocycles. The van der Waals surface area contributed by atoms with Gasteiger partial charge in [0.2, 0.25) is 0 Å². The van der Waals surface area contributed by atoms with E-state index in [2.05, 4.69) is 41.3 Å². The fourth-order valence-electron chi connectivity index (χ4n) is 5.54. The van der Waals surface area contributed by atoms with Crippen LogP contribution in [-0.2, 0) is 6.54 Å². The van der Waals surface area contributed by atoms with Crippen LogP contribution in [0.4, 0.5) is 0 Å². The molecule has 144 valence electrons. The van der Waals surface area contributed by atoms with E-state index in [1.807, 2.05) is 0 Å². The number of likely N-dealkylation sites (tertiary alicyclic amines) is 1. The zero-order valence-electron chi connectivity index (χ0n) is 16.5. The van der Waals surface area contributed by atoms with Gasteiger partial charge in [-0.05, 0) is 91.6 Å². The summed E-state index contributed by atoms with van der Waals surface area (Å²) in [6, 6.07) is 13.6. The highest BCUT2D eigenvalue weighted by Gasteiger charge is 2.30. The van der Waals surface area contributed by atoms with Gasteiger partial charge in [0, 0.05) is 6.54 Å². The van der Waals surface area contributed by atoms with Crippen LogP contribution in [0.15, 0.2) is 36.4 Å². The molecule has 0 spiro atoms. The van der Waals surface area contributed by atoms with Crippen LogP contribution in [0, 0.1) is 11.8 Å². The number of benzene rings is 2. The lowest BCUT2D eigenvalue weighted by molar-refractivity contribution is 0.111. The summed E-state index contributed by atoms with van der Waals surface area (Å²) >= 11 is 0. The third-order valence-corrected chi connectivity index (χ3v) is 7.32. The Morgan fingerprint density at radius 1 is 0.741 bits per heavy atom. The van der Waals surface area contributed by atoms with Crippen molar-refractivity contribution in [1.82, 2.24) is 4.90 Å². The Labute approximate surface area is 163 Å². The van der Waals surface area contributed by atoms with Gasteiger partial charge in [0.15, 0.2) is 0 Å². The summed E-state index contributed by atoms with van der Waals surface area (Å²) in [6.45, 7) is 3.61. The average molecular weight is 364 g/mol. The van der Waals surface area contributed by atoms with Crippen molar-refractivity contribution >= 4 is 10.8 Å². The minimum atomic E-state index is 0.422. The van der Waals surface area contributed by atoms with E-state index in [-0.39, 0.29) is 0 Å². The zero-order valence-corrected chi connectivity index (χ0v) is 16.5. The molecule has 0 N–H and O–H groups in total. The molecule has 2 saturated carbocycles. The molecule has 0 unspecified atom stereocenters. The fourth-order valence-corrected chi connectivity index (χ4v) is 5.54. The Morgan fingerprint density at radius 3 is 2.19 bits per heavy atom. The summed E-state index contributed by atoms with van der Waals surface area (Å²) in [7, 11) is 0. The molecule has 2 nitrogen and oxygen atoms in total. The van der Waals surface area contributed by atoms with Gasteiger partial charge in [-0.1, -0.05) is 43.9 Å². The van der Waals surface area contributed by atoms with Gasteiger partial charge >= 0.3 is 0 Å². The molecule has 0 radical (unpaired) electrons. The van der Waals surface area contributed by atoms with Crippen LogP contribution in [0.5, 0.6) is 5.75 Å². The second-order valence-corrected chi connectivity index (χ2v) is 9.17. The predicted octanol–water partition coefficient (Wildman–Crippen LogP) is 6.17. The maximum absolute atomic E-state index is 6.39. The molecule has 0 aromatic heterocycles. The Kier molecular flexibility index (Phi) is 5.09. The monoisotopic (exact) mass is 363 g/mol. The smallest absolute Gasteiger partial charge is 0.120 e. The standard InChI is InChI=1S/C25H33NO/c1-2-5-20(4-1)21-8-11-24(12-9-21)27-25-13-10-22-16-19(6-7-23(22)17-25)18-26-14-3-15-26/h6-7,10,13,16-17,20-21,24H,1-5,8-9,11-12,14-15,18H2. The van der Waals surface area contributed by atoms with E-state index in [0.717, 1.165) is 24.1 Å². The Morgan fingerprint density at radius 2 is 1.44 bits per heavy atom. The Balaban J connectivity index is 1.19. The molecule has 5 rings (SSSR count). The van der Waals surface area contributed by atoms with Crippen LogP contribution in [0.25, 0.3) is 10.8 Å². The molecular weight excluding hydrogens is 330 g/mol. The first-order valence-electron chi connectivity index (χ1n) is 11.3. The van der Waals surface area contributed by atoms with Gasteiger partial charge in [0.1, 0.15) is 5.75 Å². The number of hydrogen-bond acceptors (Lipinski definition) is 2. The molecule has 2 heteroatoms. The second kappa shape index (κ2) is 7.83. The van der Waals surface area contributed by atoms with Crippen molar-refractivity contribution < 1.29 is 4.74 Å². The first kappa shape index (κ1) is 17.6. The van der Waals surface area contributed by atoms with Crippen molar-refractivity contribution in [2.24, 2.45) is 11.8 Å². The summed E-state index contributed by atoms with van der Waals surface area (Å²) in [4.78, 5) is 2.51. The minimum Gasteiger partial charge on any atom is -0.490 e. The topological polar surface area (TPSA) is 12.5 Å². The van der Waals surface area contributed by atoms with Crippen LogP contribution >= 0.6 is 0 Å². The third kappa shape index (κ3) is 4.01. The lowest BCUT2D eigenvalue weighted by Crippen LogP contribution is -2.36. The maximum atomic E-state index is 6.39. The van der Waals surface area contributed by atoms with E-state index in [4.69, 9.17) is 4.74 Å². The van der Waals surface area contributed by atoms with E-state index in [1.54, 1.807) is 0 Å². The summed E-state index contributed by atoms with van der Waals surface area (Å²) in [5, 5.41) is 2.64. The SMILES string of the molecule is c1cc2cc(OC3CCC(C4CCCC4)CC3)ccc2cc1CN1CCC1. The minimum absolute atomic E-state index is 0.422. The molecule has 2 aromatic rings. The van der Waals surface area contributed by atoms with E-state index in [1.165, 1.54) is 87.2 Å². The van der Waals surface area contributed by atoms with E-state index in [0.29, 0.717) is 6.10 Å². The largest absolute Gasteiger partial charge is 0.490 e.